The van der Waals surface area contributed by atoms with Gasteiger partial charge in [0, 0.05) is 26.6 Å². The van der Waals surface area contributed by atoms with Gasteiger partial charge in [-0.25, -0.2) is 0 Å². The van der Waals surface area contributed by atoms with Crippen molar-refractivity contribution >= 4 is 5.84 Å². The molecule has 58 valence electrons. The fraction of sp³-hybridized carbons (Fsp3) is 0.857. The van der Waals surface area contributed by atoms with Crippen molar-refractivity contribution in [3.63, 3.8) is 0 Å². The molecule has 1 fully saturated rings. The van der Waals surface area contributed by atoms with E-state index in [9.17, 15) is 0 Å². The molecule has 0 saturated carbocycles. The summed E-state index contributed by atoms with van der Waals surface area (Å²) in [6.45, 7) is 1.55. The topological polar surface area (TPSA) is 36.3 Å². The number of rotatable bonds is 1. The van der Waals surface area contributed by atoms with Crippen LogP contribution in [0, 0.1) is 11.3 Å². The van der Waals surface area contributed by atoms with Crippen molar-refractivity contribution in [1.29, 1.82) is 5.41 Å². The van der Waals surface area contributed by atoms with Gasteiger partial charge in [-0.05, 0) is 6.42 Å². The Morgan fingerprint density at radius 3 is 2.70 bits per heavy atom. The lowest BCUT2D eigenvalue weighted by atomic mass is 10.1. The summed E-state index contributed by atoms with van der Waals surface area (Å²) in [7, 11) is 3.81. The molecular formula is C7H14N2O. The number of amidine groups is 1. The number of nitrogens with zero attached hydrogens (tertiary/aromatic N) is 1. The van der Waals surface area contributed by atoms with E-state index in [1.807, 2.05) is 19.0 Å². The first-order valence-electron chi connectivity index (χ1n) is 3.55. The smallest absolute Gasteiger partial charge is 0.101 e. The van der Waals surface area contributed by atoms with E-state index in [0.29, 0.717) is 11.8 Å². The highest BCUT2D eigenvalue weighted by Crippen LogP contribution is 2.13. The molecule has 3 heteroatoms. The summed E-state index contributed by atoms with van der Waals surface area (Å²) >= 11 is 0. The third-order valence-corrected chi connectivity index (χ3v) is 1.80. The van der Waals surface area contributed by atoms with Crippen LogP contribution in [0.3, 0.4) is 0 Å². The lowest BCUT2D eigenvalue weighted by Gasteiger charge is -2.17. The molecule has 1 unspecified atom stereocenters. The van der Waals surface area contributed by atoms with Crippen molar-refractivity contribution in [2.45, 2.75) is 6.42 Å². The maximum absolute atomic E-state index is 7.59. The minimum atomic E-state index is 0.343. The van der Waals surface area contributed by atoms with Gasteiger partial charge in [0.1, 0.15) is 5.84 Å². The van der Waals surface area contributed by atoms with Crippen LogP contribution in [0.15, 0.2) is 0 Å². The third kappa shape index (κ3) is 1.48. The zero-order chi connectivity index (χ0) is 7.56. The number of hydrogen-bond acceptors (Lipinski definition) is 2. The van der Waals surface area contributed by atoms with Crippen molar-refractivity contribution in [1.82, 2.24) is 4.90 Å². The molecule has 1 atom stereocenters. The van der Waals surface area contributed by atoms with E-state index in [-0.39, 0.29) is 0 Å². The van der Waals surface area contributed by atoms with E-state index < -0.39 is 0 Å². The van der Waals surface area contributed by atoms with Crippen molar-refractivity contribution < 1.29 is 4.74 Å². The van der Waals surface area contributed by atoms with Crippen LogP contribution in [0.5, 0.6) is 0 Å². The average Bonchev–Trinajstić information content (AvgIpc) is 2.36. The molecule has 0 aliphatic carbocycles. The molecule has 0 radical (unpaired) electrons. The van der Waals surface area contributed by atoms with Gasteiger partial charge >= 0.3 is 0 Å². The molecule has 0 aromatic heterocycles. The second-order valence-electron chi connectivity index (χ2n) is 2.84. The van der Waals surface area contributed by atoms with Crippen molar-refractivity contribution in [2.24, 2.45) is 5.92 Å². The molecule has 1 rings (SSSR count). The Kier molecular flexibility index (Phi) is 2.27. The predicted molar refractivity (Wildman–Crippen MR) is 40.3 cm³/mol. The molecule has 3 nitrogen and oxygen atoms in total. The van der Waals surface area contributed by atoms with Gasteiger partial charge in [0.25, 0.3) is 0 Å². The normalized spacial score (nSPS) is 24.8. The standard InChI is InChI=1S/C7H14N2O/c1-9(2)7(8)6-3-4-10-5-6/h6,8H,3-5H2,1-2H3. The Hall–Kier alpha value is -0.570. The summed E-state index contributed by atoms with van der Waals surface area (Å²) in [5, 5.41) is 7.59. The number of nitrogens with one attached hydrogen (secondary N) is 1. The average molecular weight is 142 g/mol. The summed E-state index contributed by atoms with van der Waals surface area (Å²) in [6, 6.07) is 0. The first kappa shape index (κ1) is 7.54. The van der Waals surface area contributed by atoms with E-state index in [1.165, 1.54) is 0 Å². The maximum Gasteiger partial charge on any atom is 0.101 e. The molecule has 0 aromatic rings. The largest absolute Gasteiger partial charge is 0.381 e. The van der Waals surface area contributed by atoms with Gasteiger partial charge in [-0.15, -0.1) is 0 Å². The van der Waals surface area contributed by atoms with E-state index >= 15 is 0 Å². The van der Waals surface area contributed by atoms with Gasteiger partial charge in [0.2, 0.25) is 0 Å². The first-order valence-corrected chi connectivity index (χ1v) is 3.55. The van der Waals surface area contributed by atoms with Gasteiger partial charge in [-0.1, -0.05) is 0 Å². The fourth-order valence-electron chi connectivity index (χ4n) is 1.12. The van der Waals surface area contributed by atoms with Crippen LogP contribution >= 0.6 is 0 Å². The van der Waals surface area contributed by atoms with Crippen molar-refractivity contribution in [3.05, 3.63) is 0 Å². The molecule has 0 aromatic carbocycles. The van der Waals surface area contributed by atoms with Crippen molar-refractivity contribution in [3.8, 4) is 0 Å². The van der Waals surface area contributed by atoms with Crippen LogP contribution < -0.4 is 0 Å². The highest BCUT2D eigenvalue weighted by atomic mass is 16.5. The monoisotopic (exact) mass is 142 g/mol. The van der Waals surface area contributed by atoms with E-state index in [1.54, 1.807) is 0 Å². The minimum Gasteiger partial charge on any atom is -0.381 e. The molecular weight excluding hydrogens is 128 g/mol. The molecule has 1 aliphatic heterocycles. The summed E-state index contributed by atoms with van der Waals surface area (Å²) < 4.78 is 5.16. The van der Waals surface area contributed by atoms with Crippen LogP contribution in [0.1, 0.15) is 6.42 Å². The molecule has 1 heterocycles. The van der Waals surface area contributed by atoms with Crippen LogP contribution in [0.4, 0.5) is 0 Å². The Bertz CT molecular complexity index is 128. The molecule has 0 bridgehead atoms. The Morgan fingerprint density at radius 1 is 1.60 bits per heavy atom. The summed E-state index contributed by atoms with van der Waals surface area (Å²) in [6.07, 6.45) is 1.01. The van der Waals surface area contributed by atoms with Crippen molar-refractivity contribution in [2.75, 3.05) is 27.3 Å². The summed E-state index contributed by atoms with van der Waals surface area (Å²) in [5.74, 6) is 1.03. The molecule has 0 amide bonds. The number of hydrogen-bond donors (Lipinski definition) is 1. The Balaban J connectivity index is 2.40. The highest BCUT2D eigenvalue weighted by molar-refractivity contribution is 5.81. The Morgan fingerprint density at radius 2 is 2.30 bits per heavy atom. The second-order valence-corrected chi connectivity index (χ2v) is 2.84. The summed E-state index contributed by atoms with van der Waals surface area (Å²) in [5.41, 5.74) is 0. The second kappa shape index (κ2) is 3.01. The maximum atomic E-state index is 7.59. The van der Waals surface area contributed by atoms with E-state index in [2.05, 4.69) is 0 Å². The van der Waals surface area contributed by atoms with Crippen LogP contribution in [0.25, 0.3) is 0 Å². The van der Waals surface area contributed by atoms with Gasteiger partial charge in [-0.3, -0.25) is 5.41 Å². The molecule has 1 N–H and O–H groups in total. The number of ether oxygens (including phenoxy) is 1. The van der Waals surface area contributed by atoms with Gasteiger partial charge < -0.3 is 9.64 Å². The molecule has 0 spiro atoms. The lowest BCUT2D eigenvalue weighted by molar-refractivity contribution is 0.192. The zero-order valence-electron chi connectivity index (χ0n) is 6.55. The SMILES string of the molecule is CN(C)C(=N)C1CCOC1. The molecule has 10 heavy (non-hydrogen) atoms. The summed E-state index contributed by atoms with van der Waals surface area (Å²) in [4.78, 5) is 1.85. The predicted octanol–water partition coefficient (Wildman–Crippen LogP) is 0.562. The van der Waals surface area contributed by atoms with Crippen LogP contribution in [0.2, 0.25) is 0 Å². The molecule has 1 aliphatic rings. The van der Waals surface area contributed by atoms with E-state index in [4.69, 9.17) is 10.1 Å². The fourth-order valence-corrected chi connectivity index (χ4v) is 1.12. The minimum absolute atomic E-state index is 0.343. The highest BCUT2D eigenvalue weighted by Gasteiger charge is 2.21. The van der Waals surface area contributed by atoms with Gasteiger partial charge in [0.05, 0.1) is 6.61 Å². The van der Waals surface area contributed by atoms with Gasteiger partial charge in [-0.2, -0.15) is 0 Å². The first-order chi connectivity index (χ1) is 4.72. The van der Waals surface area contributed by atoms with Crippen LogP contribution in [-0.4, -0.2) is 38.0 Å². The van der Waals surface area contributed by atoms with Crippen LogP contribution in [-0.2, 0) is 4.74 Å². The Labute approximate surface area is 61.5 Å². The quantitative estimate of drug-likeness (QED) is 0.429. The zero-order valence-corrected chi connectivity index (χ0v) is 6.55. The molecule has 1 saturated heterocycles. The third-order valence-electron chi connectivity index (χ3n) is 1.80. The van der Waals surface area contributed by atoms with E-state index in [0.717, 1.165) is 19.6 Å². The van der Waals surface area contributed by atoms with Gasteiger partial charge in [0.15, 0.2) is 0 Å². The lowest BCUT2D eigenvalue weighted by Crippen LogP contribution is -2.28.